The second kappa shape index (κ2) is 7.39. The molecule has 1 aliphatic carbocycles. The van der Waals surface area contributed by atoms with Crippen LogP contribution in [0.15, 0.2) is 48.5 Å². The van der Waals surface area contributed by atoms with Crippen LogP contribution in [0.25, 0.3) is 0 Å². The fourth-order valence-corrected chi connectivity index (χ4v) is 3.13. The number of hydrogen-bond acceptors (Lipinski definition) is 3. The first-order valence-corrected chi connectivity index (χ1v) is 8.36. The van der Waals surface area contributed by atoms with Crippen molar-refractivity contribution in [3.63, 3.8) is 0 Å². The van der Waals surface area contributed by atoms with Crippen molar-refractivity contribution < 1.29 is 14.3 Å². The summed E-state index contributed by atoms with van der Waals surface area (Å²) < 4.78 is 10.9. The first-order valence-electron chi connectivity index (χ1n) is 8.36. The molecular formula is C20H23NO3. The highest BCUT2D eigenvalue weighted by molar-refractivity contribution is 5.81. The second-order valence-electron chi connectivity index (χ2n) is 6.09. The van der Waals surface area contributed by atoms with Gasteiger partial charge in [-0.2, -0.15) is 0 Å². The van der Waals surface area contributed by atoms with E-state index in [2.05, 4.69) is 23.5 Å². The van der Waals surface area contributed by atoms with Gasteiger partial charge in [0.25, 0.3) is 5.91 Å². The van der Waals surface area contributed by atoms with Crippen LogP contribution in [0, 0.1) is 0 Å². The highest BCUT2D eigenvalue weighted by atomic mass is 16.5. The van der Waals surface area contributed by atoms with E-state index in [1.54, 1.807) is 20.1 Å². The van der Waals surface area contributed by atoms with Gasteiger partial charge in [-0.05, 0) is 49.4 Å². The summed E-state index contributed by atoms with van der Waals surface area (Å²) in [5.41, 5.74) is 2.56. The molecule has 0 saturated carbocycles. The lowest BCUT2D eigenvalue weighted by atomic mass is 9.87. The van der Waals surface area contributed by atoms with Crippen LogP contribution in [-0.2, 0) is 11.2 Å². The van der Waals surface area contributed by atoms with Crippen molar-refractivity contribution in [2.24, 2.45) is 0 Å². The van der Waals surface area contributed by atoms with Gasteiger partial charge in [0.15, 0.2) is 6.10 Å². The average molecular weight is 325 g/mol. The molecule has 0 saturated heterocycles. The molecule has 3 rings (SSSR count). The Labute approximate surface area is 142 Å². The molecule has 1 aliphatic rings. The minimum absolute atomic E-state index is 0.0683. The summed E-state index contributed by atoms with van der Waals surface area (Å²) in [4.78, 5) is 12.5. The zero-order valence-electron chi connectivity index (χ0n) is 14.1. The van der Waals surface area contributed by atoms with E-state index >= 15 is 0 Å². The number of carbonyl (C=O) groups excluding carboxylic acids is 1. The van der Waals surface area contributed by atoms with Crippen LogP contribution in [0.4, 0.5) is 0 Å². The van der Waals surface area contributed by atoms with Gasteiger partial charge in [0.05, 0.1) is 13.2 Å². The quantitative estimate of drug-likeness (QED) is 0.913. The molecule has 0 aromatic heterocycles. The summed E-state index contributed by atoms with van der Waals surface area (Å²) in [5, 5.41) is 3.13. The number of aryl methyl sites for hydroxylation is 1. The van der Waals surface area contributed by atoms with Crippen LogP contribution in [0.3, 0.4) is 0 Å². The van der Waals surface area contributed by atoms with Crippen LogP contribution in [0.2, 0.25) is 0 Å². The SMILES string of the molecule is COc1cccc(O[C@H](C)C(=O)N[C@H]2CCCc3ccccc32)c1. The van der Waals surface area contributed by atoms with E-state index in [9.17, 15) is 4.79 Å². The van der Waals surface area contributed by atoms with Gasteiger partial charge in [-0.3, -0.25) is 4.79 Å². The standard InChI is InChI=1S/C20H23NO3/c1-14(24-17-10-6-9-16(13-17)23-2)20(22)21-19-12-5-8-15-7-3-4-11-18(15)19/h3-4,6-7,9-11,13-14,19H,5,8,12H2,1-2H3,(H,21,22)/t14-,19+/m1/s1. The van der Waals surface area contributed by atoms with E-state index in [0.29, 0.717) is 11.5 Å². The Morgan fingerprint density at radius 3 is 2.79 bits per heavy atom. The number of amides is 1. The highest BCUT2D eigenvalue weighted by Crippen LogP contribution is 2.29. The van der Waals surface area contributed by atoms with Gasteiger partial charge in [-0.1, -0.05) is 30.3 Å². The number of carbonyl (C=O) groups is 1. The van der Waals surface area contributed by atoms with Crippen molar-refractivity contribution in [3.05, 3.63) is 59.7 Å². The normalized spacial score (nSPS) is 17.5. The second-order valence-corrected chi connectivity index (χ2v) is 6.09. The molecule has 0 radical (unpaired) electrons. The molecule has 0 bridgehead atoms. The third kappa shape index (κ3) is 3.70. The third-order valence-electron chi connectivity index (χ3n) is 4.41. The largest absolute Gasteiger partial charge is 0.497 e. The molecule has 126 valence electrons. The van der Waals surface area contributed by atoms with Gasteiger partial charge < -0.3 is 14.8 Å². The number of nitrogens with one attached hydrogen (secondary N) is 1. The molecule has 24 heavy (non-hydrogen) atoms. The molecule has 0 heterocycles. The number of fused-ring (bicyclic) bond motifs is 1. The van der Waals surface area contributed by atoms with E-state index < -0.39 is 6.10 Å². The maximum absolute atomic E-state index is 12.5. The highest BCUT2D eigenvalue weighted by Gasteiger charge is 2.24. The first-order chi connectivity index (χ1) is 11.7. The molecule has 0 unspecified atom stereocenters. The summed E-state index contributed by atoms with van der Waals surface area (Å²) in [7, 11) is 1.61. The van der Waals surface area contributed by atoms with Crippen molar-refractivity contribution in [1.29, 1.82) is 0 Å². The minimum Gasteiger partial charge on any atom is -0.497 e. The molecule has 2 aromatic carbocycles. The number of methoxy groups -OCH3 is 1. The molecular weight excluding hydrogens is 302 g/mol. The fourth-order valence-electron chi connectivity index (χ4n) is 3.13. The maximum atomic E-state index is 12.5. The summed E-state index contributed by atoms with van der Waals surface area (Å²) >= 11 is 0. The monoisotopic (exact) mass is 325 g/mol. The molecule has 4 nitrogen and oxygen atoms in total. The third-order valence-corrected chi connectivity index (χ3v) is 4.41. The first kappa shape index (κ1) is 16.4. The topological polar surface area (TPSA) is 47.6 Å². The van der Waals surface area contributed by atoms with Crippen molar-refractivity contribution >= 4 is 5.91 Å². The van der Waals surface area contributed by atoms with Crippen LogP contribution in [-0.4, -0.2) is 19.1 Å². The average Bonchev–Trinajstić information content (AvgIpc) is 2.62. The van der Waals surface area contributed by atoms with Crippen molar-refractivity contribution in [2.45, 2.75) is 38.3 Å². The minimum atomic E-state index is -0.564. The predicted octanol–water partition coefficient (Wildman–Crippen LogP) is 3.66. The van der Waals surface area contributed by atoms with Gasteiger partial charge in [-0.15, -0.1) is 0 Å². The van der Waals surface area contributed by atoms with Crippen LogP contribution >= 0.6 is 0 Å². The van der Waals surface area contributed by atoms with E-state index in [1.165, 1.54) is 11.1 Å². The Kier molecular flexibility index (Phi) is 5.04. The Bertz CT molecular complexity index is 714. The van der Waals surface area contributed by atoms with E-state index in [0.717, 1.165) is 19.3 Å². The molecule has 0 aliphatic heterocycles. The van der Waals surface area contributed by atoms with Gasteiger partial charge in [0, 0.05) is 6.07 Å². The van der Waals surface area contributed by atoms with Gasteiger partial charge in [0.1, 0.15) is 11.5 Å². The van der Waals surface area contributed by atoms with Crippen LogP contribution in [0.1, 0.15) is 36.9 Å². The van der Waals surface area contributed by atoms with Crippen molar-refractivity contribution in [3.8, 4) is 11.5 Å². The van der Waals surface area contributed by atoms with E-state index in [-0.39, 0.29) is 11.9 Å². The molecule has 4 heteroatoms. The Morgan fingerprint density at radius 2 is 1.96 bits per heavy atom. The zero-order chi connectivity index (χ0) is 16.9. The summed E-state index contributed by atoms with van der Waals surface area (Å²) in [5.74, 6) is 1.24. The van der Waals surface area contributed by atoms with Crippen LogP contribution in [0.5, 0.6) is 11.5 Å². The van der Waals surface area contributed by atoms with Crippen molar-refractivity contribution in [1.82, 2.24) is 5.32 Å². The smallest absolute Gasteiger partial charge is 0.261 e. The lowest BCUT2D eigenvalue weighted by molar-refractivity contribution is -0.128. The Morgan fingerprint density at radius 1 is 1.17 bits per heavy atom. The number of benzene rings is 2. The van der Waals surface area contributed by atoms with E-state index in [1.807, 2.05) is 24.3 Å². The van der Waals surface area contributed by atoms with Crippen LogP contribution < -0.4 is 14.8 Å². The predicted molar refractivity (Wildman–Crippen MR) is 93.3 cm³/mol. The lowest BCUT2D eigenvalue weighted by Crippen LogP contribution is -2.39. The van der Waals surface area contributed by atoms with Gasteiger partial charge in [-0.25, -0.2) is 0 Å². The maximum Gasteiger partial charge on any atom is 0.261 e. The number of hydrogen-bond donors (Lipinski definition) is 1. The molecule has 0 fully saturated rings. The van der Waals surface area contributed by atoms with Gasteiger partial charge >= 0.3 is 0 Å². The fraction of sp³-hybridized carbons (Fsp3) is 0.350. The number of rotatable bonds is 5. The Hall–Kier alpha value is -2.49. The molecule has 2 atom stereocenters. The molecule has 1 N–H and O–H groups in total. The van der Waals surface area contributed by atoms with Crippen molar-refractivity contribution in [2.75, 3.05) is 7.11 Å². The molecule has 0 spiro atoms. The number of ether oxygens (including phenoxy) is 2. The summed E-state index contributed by atoms with van der Waals surface area (Å²) in [6, 6.07) is 15.7. The molecule has 1 amide bonds. The Balaban J connectivity index is 1.64. The summed E-state index contributed by atoms with van der Waals surface area (Å²) in [6.07, 6.45) is 2.58. The van der Waals surface area contributed by atoms with Gasteiger partial charge in [0.2, 0.25) is 0 Å². The molecule has 2 aromatic rings. The lowest BCUT2D eigenvalue weighted by Gasteiger charge is -2.27. The zero-order valence-corrected chi connectivity index (χ0v) is 14.1. The summed E-state index contributed by atoms with van der Waals surface area (Å²) in [6.45, 7) is 1.77. The van der Waals surface area contributed by atoms with E-state index in [4.69, 9.17) is 9.47 Å².